The number of alkyl halides is 3. The first kappa shape index (κ1) is 21.4. The van der Waals surface area contributed by atoms with Gasteiger partial charge >= 0.3 is 6.18 Å². The molecule has 1 aliphatic carbocycles. The van der Waals surface area contributed by atoms with Crippen LogP contribution in [-0.2, 0) is 12.6 Å². The van der Waals surface area contributed by atoms with Crippen LogP contribution in [0.25, 0.3) is 0 Å². The number of amides is 1. The molecule has 4 rings (SSSR count). The molecule has 0 bridgehead atoms. The molecule has 1 aromatic carbocycles. The van der Waals surface area contributed by atoms with Gasteiger partial charge in [0.1, 0.15) is 5.76 Å². The molecule has 0 radical (unpaired) electrons. The fourth-order valence-electron chi connectivity index (χ4n) is 4.03. The summed E-state index contributed by atoms with van der Waals surface area (Å²) in [6.07, 6.45) is -2.26. The molecule has 2 aromatic rings. The molecule has 1 fully saturated rings. The summed E-state index contributed by atoms with van der Waals surface area (Å²) in [5.74, 6) is 0.930. The fraction of sp³-hybridized carbons (Fsp3) is 0.455. The predicted molar refractivity (Wildman–Crippen MR) is 111 cm³/mol. The fourth-order valence-corrected chi connectivity index (χ4v) is 4.03. The van der Waals surface area contributed by atoms with Crippen LogP contribution in [0.1, 0.15) is 45.8 Å². The van der Waals surface area contributed by atoms with E-state index in [0.717, 1.165) is 42.8 Å². The van der Waals surface area contributed by atoms with Gasteiger partial charge in [0, 0.05) is 43.7 Å². The molecule has 1 saturated heterocycles. The lowest BCUT2D eigenvalue weighted by Crippen LogP contribution is -2.47. The molecular weight excluding hydrogens is 409 g/mol. The van der Waals surface area contributed by atoms with Crippen molar-refractivity contribution >= 4 is 17.3 Å². The lowest BCUT2D eigenvalue weighted by atomic mass is 9.93. The molecule has 0 atom stereocenters. The molecule has 1 amide bonds. The molecule has 0 unspecified atom stereocenters. The smallest absolute Gasteiger partial charge is 0.416 e. The second-order valence-corrected chi connectivity index (χ2v) is 8.05. The Hall–Kier alpha value is -2.81. The summed E-state index contributed by atoms with van der Waals surface area (Å²) in [4.78, 5) is 17.0. The summed E-state index contributed by atoms with van der Waals surface area (Å²) >= 11 is 0. The monoisotopic (exact) mass is 434 g/mol. The molecule has 1 aliphatic heterocycles. The molecule has 6 nitrogen and oxygen atoms in total. The van der Waals surface area contributed by atoms with Crippen LogP contribution in [0.2, 0.25) is 0 Å². The highest BCUT2D eigenvalue weighted by molar-refractivity contribution is 6.06. The number of furan rings is 1. The van der Waals surface area contributed by atoms with E-state index >= 15 is 0 Å². The van der Waals surface area contributed by atoms with Gasteiger partial charge < -0.3 is 14.2 Å². The number of rotatable bonds is 3. The van der Waals surface area contributed by atoms with E-state index in [9.17, 15) is 18.0 Å². The largest absolute Gasteiger partial charge is 0.455 e. The molecular formula is C22H25F3N4O2. The maximum absolute atomic E-state index is 13.0. The van der Waals surface area contributed by atoms with Crippen molar-refractivity contribution in [3.8, 4) is 0 Å². The van der Waals surface area contributed by atoms with E-state index in [0.29, 0.717) is 43.2 Å². The van der Waals surface area contributed by atoms with Crippen molar-refractivity contribution < 1.29 is 22.4 Å². The van der Waals surface area contributed by atoms with Crippen molar-refractivity contribution in [1.29, 1.82) is 0 Å². The summed E-state index contributed by atoms with van der Waals surface area (Å²) in [5.41, 5.74) is 4.49. The average Bonchev–Trinajstić information content (AvgIpc) is 3.09. The maximum atomic E-state index is 13.0. The standard InChI is InChI=1S/C22H25F3N4O2/c1-14-19-17(27-26-16-6-3-5-15(13-16)22(23,24)25)7-4-8-18(19)31-20(14)21(30)29-11-9-28(2)10-12-29/h3,5-6,13,26H,4,7-12H2,1-2H3/b27-17+. The number of benzene rings is 1. The van der Waals surface area contributed by atoms with Gasteiger partial charge in [0.15, 0.2) is 5.76 Å². The van der Waals surface area contributed by atoms with Crippen LogP contribution in [-0.4, -0.2) is 54.6 Å². The Morgan fingerprint density at radius 2 is 1.90 bits per heavy atom. The van der Waals surface area contributed by atoms with E-state index in [1.807, 2.05) is 14.0 Å². The van der Waals surface area contributed by atoms with Gasteiger partial charge in [-0.05, 0) is 45.0 Å². The van der Waals surface area contributed by atoms with E-state index in [1.54, 1.807) is 4.90 Å². The zero-order chi connectivity index (χ0) is 22.2. The number of aryl methyl sites for hydroxylation is 1. The molecule has 2 aliphatic rings. The Labute approximate surface area is 178 Å². The van der Waals surface area contributed by atoms with Gasteiger partial charge in [-0.25, -0.2) is 0 Å². The van der Waals surface area contributed by atoms with E-state index in [2.05, 4.69) is 15.4 Å². The highest BCUT2D eigenvalue weighted by Gasteiger charge is 2.32. The van der Waals surface area contributed by atoms with Gasteiger partial charge in [0.2, 0.25) is 0 Å². The third-order valence-corrected chi connectivity index (χ3v) is 5.82. The number of hydrazone groups is 1. The van der Waals surface area contributed by atoms with Crippen molar-refractivity contribution in [3.63, 3.8) is 0 Å². The topological polar surface area (TPSA) is 61.1 Å². The molecule has 0 saturated carbocycles. The summed E-state index contributed by atoms with van der Waals surface area (Å²) < 4.78 is 44.8. The van der Waals surface area contributed by atoms with Crippen LogP contribution >= 0.6 is 0 Å². The number of carbonyl (C=O) groups is 1. The highest BCUT2D eigenvalue weighted by atomic mass is 19.4. The summed E-state index contributed by atoms with van der Waals surface area (Å²) in [7, 11) is 2.03. The maximum Gasteiger partial charge on any atom is 0.416 e. The van der Waals surface area contributed by atoms with Gasteiger partial charge in [0.05, 0.1) is 17.0 Å². The summed E-state index contributed by atoms with van der Waals surface area (Å²) in [6, 6.07) is 4.92. The van der Waals surface area contributed by atoms with Crippen LogP contribution in [0, 0.1) is 6.92 Å². The molecule has 166 valence electrons. The minimum absolute atomic E-state index is 0.120. The first-order valence-corrected chi connectivity index (χ1v) is 10.3. The van der Waals surface area contributed by atoms with Crippen LogP contribution in [0.15, 0.2) is 33.8 Å². The Balaban J connectivity index is 1.58. The van der Waals surface area contributed by atoms with Crippen LogP contribution in [0.5, 0.6) is 0 Å². The van der Waals surface area contributed by atoms with Gasteiger partial charge in [-0.2, -0.15) is 18.3 Å². The first-order chi connectivity index (χ1) is 14.7. The Bertz CT molecular complexity index is 1000. The van der Waals surface area contributed by atoms with E-state index in [4.69, 9.17) is 4.42 Å². The van der Waals surface area contributed by atoms with E-state index in [1.165, 1.54) is 12.1 Å². The molecule has 31 heavy (non-hydrogen) atoms. The van der Waals surface area contributed by atoms with Crippen LogP contribution in [0.3, 0.4) is 0 Å². The number of likely N-dealkylation sites (N-methyl/N-ethyl adjacent to an activating group) is 1. The molecule has 1 aromatic heterocycles. The van der Waals surface area contributed by atoms with Crippen molar-refractivity contribution in [2.75, 3.05) is 38.7 Å². The van der Waals surface area contributed by atoms with Gasteiger partial charge in [-0.3, -0.25) is 10.2 Å². The number of piperazine rings is 1. The third kappa shape index (κ3) is 4.46. The Morgan fingerprint density at radius 3 is 2.61 bits per heavy atom. The normalized spacial score (nSPS) is 18.9. The third-order valence-electron chi connectivity index (χ3n) is 5.82. The van der Waals surface area contributed by atoms with Crippen LogP contribution in [0.4, 0.5) is 18.9 Å². The van der Waals surface area contributed by atoms with E-state index in [-0.39, 0.29) is 11.6 Å². The SMILES string of the molecule is Cc1c(C(=O)N2CCN(C)CC2)oc2c1/C(=N/Nc1cccc(C(F)(F)F)c1)CCC2. The highest BCUT2D eigenvalue weighted by Crippen LogP contribution is 2.32. The van der Waals surface area contributed by atoms with Crippen LogP contribution < -0.4 is 5.43 Å². The minimum Gasteiger partial charge on any atom is -0.455 e. The Kier molecular flexibility index (Phi) is 5.79. The molecule has 9 heteroatoms. The van der Waals surface area contributed by atoms with Gasteiger partial charge in [0.25, 0.3) is 5.91 Å². The summed E-state index contributed by atoms with van der Waals surface area (Å²) in [6.45, 7) is 4.78. The number of halogens is 3. The molecule has 0 spiro atoms. The number of nitrogens with zero attached hydrogens (tertiary/aromatic N) is 3. The zero-order valence-electron chi connectivity index (χ0n) is 17.6. The van der Waals surface area contributed by atoms with Crippen molar-refractivity contribution in [1.82, 2.24) is 9.80 Å². The average molecular weight is 434 g/mol. The summed E-state index contributed by atoms with van der Waals surface area (Å²) in [5, 5.41) is 4.38. The second-order valence-electron chi connectivity index (χ2n) is 8.05. The lowest BCUT2D eigenvalue weighted by Gasteiger charge is -2.31. The lowest BCUT2D eigenvalue weighted by molar-refractivity contribution is -0.137. The predicted octanol–water partition coefficient (Wildman–Crippen LogP) is 4.15. The number of nitrogens with one attached hydrogen (secondary N) is 1. The first-order valence-electron chi connectivity index (χ1n) is 10.3. The number of carbonyl (C=O) groups excluding carboxylic acids is 1. The quantitative estimate of drug-likeness (QED) is 0.738. The number of fused-ring (bicyclic) bond motifs is 1. The second kappa shape index (κ2) is 8.37. The zero-order valence-corrected chi connectivity index (χ0v) is 17.6. The van der Waals surface area contributed by atoms with Gasteiger partial charge in [-0.15, -0.1) is 0 Å². The number of anilines is 1. The van der Waals surface area contributed by atoms with Crippen molar-refractivity contribution in [2.45, 2.75) is 32.4 Å². The number of hydrogen-bond acceptors (Lipinski definition) is 5. The van der Waals surface area contributed by atoms with Gasteiger partial charge in [-0.1, -0.05) is 6.07 Å². The van der Waals surface area contributed by atoms with E-state index < -0.39 is 11.7 Å². The minimum atomic E-state index is -4.41. The number of hydrogen-bond donors (Lipinski definition) is 1. The Morgan fingerprint density at radius 1 is 1.16 bits per heavy atom. The van der Waals surface area contributed by atoms with Crippen molar-refractivity contribution in [3.05, 3.63) is 52.5 Å². The molecule has 2 heterocycles. The van der Waals surface area contributed by atoms with Crippen molar-refractivity contribution in [2.24, 2.45) is 5.10 Å². The molecule has 1 N–H and O–H groups in total.